The van der Waals surface area contributed by atoms with Crippen LogP contribution in [0.2, 0.25) is 0 Å². The molecular formula is C4H11HgO4P. The molecule has 1 N–H and O–H groups in total. The van der Waals surface area contributed by atoms with E-state index in [0.717, 1.165) is 0 Å². The van der Waals surface area contributed by atoms with Gasteiger partial charge in [-0.25, -0.2) is 4.57 Å². The Kier molecular flexibility index (Phi) is 9.18. The minimum Gasteiger partial charge on any atom is -0.302 e. The van der Waals surface area contributed by atoms with Gasteiger partial charge in [0.2, 0.25) is 0 Å². The summed E-state index contributed by atoms with van der Waals surface area (Å²) in [6.07, 6.45) is 0. The molecule has 0 unspecified atom stereocenters. The standard InChI is InChI=1S/C4H11O4P.Hg/c1-3-7-9(5,6)8-4-2;/h3-4H2,1-2H3,(H,5,6);. The number of rotatable bonds is 4. The molecule has 4 nitrogen and oxygen atoms in total. The quantitative estimate of drug-likeness (QED) is 0.608. The summed E-state index contributed by atoms with van der Waals surface area (Å²) in [6, 6.07) is 0. The Labute approximate surface area is 81.0 Å². The summed E-state index contributed by atoms with van der Waals surface area (Å²) in [5.74, 6) is 0. The SMILES string of the molecule is CCOP(=O)(O)OCC.[Hg]. The first-order valence-electron chi connectivity index (χ1n) is 2.74. The molecule has 0 amide bonds. The van der Waals surface area contributed by atoms with E-state index in [9.17, 15) is 4.57 Å². The van der Waals surface area contributed by atoms with E-state index < -0.39 is 7.82 Å². The Hall–Kier alpha value is 1.05. The van der Waals surface area contributed by atoms with Gasteiger partial charge in [0.05, 0.1) is 13.2 Å². The molecule has 0 saturated carbocycles. The second-order valence-electron chi connectivity index (χ2n) is 1.30. The molecule has 0 fully saturated rings. The van der Waals surface area contributed by atoms with Gasteiger partial charge in [0.15, 0.2) is 0 Å². The molecule has 0 saturated heterocycles. The maximum absolute atomic E-state index is 10.5. The minimum atomic E-state index is -3.69. The molecule has 0 aromatic heterocycles. The average Bonchev–Trinajstić information content (AvgIpc) is 1.64. The average molecular weight is 355 g/mol. The third-order valence-corrected chi connectivity index (χ3v) is 1.75. The van der Waals surface area contributed by atoms with Crippen molar-refractivity contribution in [2.45, 2.75) is 13.8 Å². The molecule has 6 heteroatoms. The van der Waals surface area contributed by atoms with E-state index >= 15 is 0 Å². The van der Waals surface area contributed by atoms with Gasteiger partial charge >= 0.3 is 7.82 Å². The number of phosphoric acid groups is 1. The Balaban J connectivity index is 0. The Bertz CT molecular complexity index is 108. The number of phosphoric ester groups is 1. The summed E-state index contributed by atoms with van der Waals surface area (Å²) in [6.45, 7) is 3.63. The van der Waals surface area contributed by atoms with Gasteiger partial charge in [0, 0.05) is 27.7 Å². The Morgan fingerprint density at radius 1 is 1.30 bits per heavy atom. The molecule has 0 bridgehead atoms. The first kappa shape index (κ1) is 13.6. The maximum Gasteiger partial charge on any atom is 0.472 e. The predicted molar refractivity (Wildman–Crippen MR) is 33.1 cm³/mol. The molecule has 0 spiro atoms. The van der Waals surface area contributed by atoms with E-state index in [0.29, 0.717) is 0 Å². The van der Waals surface area contributed by atoms with E-state index in [4.69, 9.17) is 4.89 Å². The van der Waals surface area contributed by atoms with Crippen LogP contribution in [-0.4, -0.2) is 18.1 Å². The van der Waals surface area contributed by atoms with Crippen molar-refractivity contribution in [3.63, 3.8) is 0 Å². The van der Waals surface area contributed by atoms with E-state index in [1.165, 1.54) is 0 Å². The second kappa shape index (κ2) is 6.74. The molecule has 0 aromatic carbocycles. The molecule has 0 heterocycles. The molecular weight excluding hydrogens is 344 g/mol. The summed E-state index contributed by atoms with van der Waals surface area (Å²) >= 11 is 0. The fraction of sp³-hybridized carbons (Fsp3) is 1.00. The molecule has 0 aliphatic rings. The van der Waals surface area contributed by atoms with E-state index in [-0.39, 0.29) is 40.9 Å². The summed E-state index contributed by atoms with van der Waals surface area (Å²) in [4.78, 5) is 8.63. The zero-order chi connectivity index (χ0) is 7.33. The van der Waals surface area contributed by atoms with Crippen LogP contribution in [-0.2, 0) is 41.3 Å². The van der Waals surface area contributed by atoms with Crippen LogP contribution in [0.5, 0.6) is 0 Å². The summed E-state index contributed by atoms with van der Waals surface area (Å²) < 4.78 is 19.2. The van der Waals surface area contributed by atoms with E-state index in [1.807, 2.05) is 0 Å². The first-order chi connectivity index (χ1) is 4.12. The molecule has 0 aliphatic heterocycles. The van der Waals surface area contributed by atoms with Crippen molar-refractivity contribution in [2.24, 2.45) is 0 Å². The normalized spacial score (nSPS) is 10.7. The van der Waals surface area contributed by atoms with Crippen molar-refractivity contribution in [3.05, 3.63) is 0 Å². The molecule has 0 atom stereocenters. The van der Waals surface area contributed by atoms with Crippen molar-refractivity contribution in [2.75, 3.05) is 13.2 Å². The van der Waals surface area contributed by atoms with Gasteiger partial charge in [0.25, 0.3) is 0 Å². The number of hydrogen-bond acceptors (Lipinski definition) is 3. The van der Waals surface area contributed by atoms with Crippen LogP contribution in [0.25, 0.3) is 0 Å². The van der Waals surface area contributed by atoms with Gasteiger partial charge in [-0.2, -0.15) is 0 Å². The van der Waals surface area contributed by atoms with Crippen molar-refractivity contribution >= 4 is 7.82 Å². The Morgan fingerprint density at radius 2 is 1.60 bits per heavy atom. The predicted octanol–water partition coefficient (Wildman–Crippen LogP) is 1.16. The van der Waals surface area contributed by atoms with Crippen LogP contribution < -0.4 is 0 Å². The molecule has 0 rings (SSSR count). The maximum atomic E-state index is 10.5. The van der Waals surface area contributed by atoms with Gasteiger partial charge < -0.3 is 4.89 Å². The van der Waals surface area contributed by atoms with Crippen LogP contribution in [0.15, 0.2) is 0 Å². The van der Waals surface area contributed by atoms with Crippen molar-refractivity contribution in [1.29, 1.82) is 0 Å². The van der Waals surface area contributed by atoms with Gasteiger partial charge in [0.1, 0.15) is 0 Å². The molecule has 10 heavy (non-hydrogen) atoms. The number of hydrogen-bond donors (Lipinski definition) is 1. The van der Waals surface area contributed by atoms with E-state index in [2.05, 4.69) is 9.05 Å². The first-order valence-corrected chi connectivity index (χ1v) is 4.23. The summed E-state index contributed by atoms with van der Waals surface area (Å²) in [5, 5.41) is 0. The molecule has 0 aromatic rings. The van der Waals surface area contributed by atoms with Crippen molar-refractivity contribution in [1.82, 2.24) is 0 Å². The van der Waals surface area contributed by atoms with Crippen LogP contribution in [0.3, 0.4) is 0 Å². The van der Waals surface area contributed by atoms with Crippen LogP contribution in [0.4, 0.5) is 0 Å². The summed E-state index contributed by atoms with van der Waals surface area (Å²) in [7, 11) is -3.69. The third kappa shape index (κ3) is 7.16. The zero-order valence-electron chi connectivity index (χ0n) is 6.24. The van der Waals surface area contributed by atoms with Crippen molar-refractivity contribution in [3.8, 4) is 0 Å². The second-order valence-corrected chi connectivity index (χ2v) is 2.76. The smallest absolute Gasteiger partial charge is 0.302 e. The van der Waals surface area contributed by atoms with Gasteiger partial charge in [-0.3, -0.25) is 9.05 Å². The fourth-order valence-electron chi connectivity index (χ4n) is 0.364. The van der Waals surface area contributed by atoms with Crippen LogP contribution in [0.1, 0.15) is 13.8 Å². The zero-order valence-corrected chi connectivity index (χ0v) is 12.6. The fourth-order valence-corrected chi connectivity index (χ4v) is 1.09. The molecule has 58 valence electrons. The van der Waals surface area contributed by atoms with Crippen LogP contribution >= 0.6 is 7.82 Å². The minimum absolute atomic E-state index is 0. The molecule has 0 radical (unpaired) electrons. The Morgan fingerprint density at radius 3 is 1.80 bits per heavy atom. The van der Waals surface area contributed by atoms with Crippen LogP contribution in [0, 0.1) is 0 Å². The topological polar surface area (TPSA) is 55.8 Å². The van der Waals surface area contributed by atoms with Gasteiger partial charge in [-0.1, -0.05) is 0 Å². The van der Waals surface area contributed by atoms with Gasteiger partial charge in [-0.15, -0.1) is 0 Å². The third-order valence-electron chi connectivity index (χ3n) is 0.584. The van der Waals surface area contributed by atoms with Gasteiger partial charge in [-0.05, 0) is 13.8 Å². The summed E-state index contributed by atoms with van der Waals surface area (Å²) in [5.41, 5.74) is 0. The van der Waals surface area contributed by atoms with Crippen molar-refractivity contribution < 1.29 is 46.2 Å². The molecule has 0 aliphatic carbocycles. The largest absolute Gasteiger partial charge is 0.472 e. The monoisotopic (exact) mass is 356 g/mol. The van der Waals surface area contributed by atoms with E-state index in [1.54, 1.807) is 13.8 Å².